The lowest BCUT2D eigenvalue weighted by Crippen LogP contribution is -2.19. The normalized spacial score (nSPS) is 20.5. The zero-order valence-corrected chi connectivity index (χ0v) is 9.13. The molecular weight excluding hydrogens is 214 g/mol. The van der Waals surface area contributed by atoms with E-state index in [1.54, 1.807) is 6.20 Å². The van der Waals surface area contributed by atoms with Gasteiger partial charge in [-0.25, -0.2) is 4.98 Å². The highest BCUT2D eigenvalue weighted by atomic mass is 35.5. The fourth-order valence-corrected chi connectivity index (χ4v) is 1.79. The highest BCUT2D eigenvalue weighted by Crippen LogP contribution is 2.24. The molecule has 1 aromatic rings. The average molecular weight is 228 g/mol. The molecular formula is C10H14ClN3O. The van der Waals surface area contributed by atoms with Gasteiger partial charge in [0.15, 0.2) is 5.15 Å². The number of nitrogens with zero attached hydrogens (tertiary/aromatic N) is 1. The van der Waals surface area contributed by atoms with Crippen molar-refractivity contribution in [1.29, 1.82) is 0 Å². The van der Waals surface area contributed by atoms with Crippen molar-refractivity contribution in [2.24, 2.45) is 0 Å². The zero-order valence-electron chi connectivity index (χ0n) is 8.37. The molecule has 1 atom stereocenters. The van der Waals surface area contributed by atoms with Crippen LogP contribution in [-0.2, 0) is 4.74 Å². The molecule has 82 valence electrons. The molecule has 0 spiro atoms. The molecule has 1 unspecified atom stereocenters. The maximum atomic E-state index is 5.80. The molecule has 0 amide bonds. The Bertz CT molecular complexity index is 339. The van der Waals surface area contributed by atoms with E-state index in [2.05, 4.69) is 10.3 Å². The molecule has 0 aliphatic carbocycles. The Morgan fingerprint density at radius 2 is 2.53 bits per heavy atom. The standard InChI is InChI=1S/C10H14ClN3O/c11-10-9(12)8(3-4-13-10)14-6-7-2-1-5-15-7/h3-4,7H,1-2,5-6,12H2,(H,13,14). The first kappa shape index (κ1) is 10.5. The molecule has 15 heavy (non-hydrogen) atoms. The maximum Gasteiger partial charge on any atom is 0.153 e. The molecule has 1 aromatic heterocycles. The molecule has 3 N–H and O–H groups in total. The predicted octanol–water partition coefficient (Wildman–Crippen LogP) is 1.91. The van der Waals surface area contributed by atoms with E-state index in [0.717, 1.165) is 31.7 Å². The van der Waals surface area contributed by atoms with Gasteiger partial charge < -0.3 is 15.8 Å². The van der Waals surface area contributed by atoms with Crippen LogP contribution < -0.4 is 11.1 Å². The largest absolute Gasteiger partial charge is 0.395 e. The third kappa shape index (κ3) is 2.52. The summed E-state index contributed by atoms with van der Waals surface area (Å²) in [6.07, 6.45) is 4.16. The van der Waals surface area contributed by atoms with E-state index in [4.69, 9.17) is 22.1 Å². The third-order valence-corrected chi connectivity index (χ3v) is 2.79. The van der Waals surface area contributed by atoms with Crippen molar-refractivity contribution in [3.8, 4) is 0 Å². The van der Waals surface area contributed by atoms with Crippen LogP contribution in [0, 0.1) is 0 Å². The molecule has 2 heterocycles. The number of pyridine rings is 1. The van der Waals surface area contributed by atoms with Gasteiger partial charge in [0.05, 0.1) is 17.5 Å². The number of nitrogens with two attached hydrogens (primary N) is 1. The second kappa shape index (κ2) is 4.68. The average Bonchev–Trinajstić information content (AvgIpc) is 2.73. The quantitative estimate of drug-likeness (QED) is 0.775. The summed E-state index contributed by atoms with van der Waals surface area (Å²) in [5.74, 6) is 0. The fraction of sp³-hybridized carbons (Fsp3) is 0.500. The molecule has 1 aliphatic rings. The molecule has 4 nitrogen and oxygen atoms in total. The van der Waals surface area contributed by atoms with Crippen molar-refractivity contribution >= 4 is 23.0 Å². The summed E-state index contributed by atoms with van der Waals surface area (Å²) < 4.78 is 5.49. The molecule has 0 radical (unpaired) electrons. The van der Waals surface area contributed by atoms with Gasteiger partial charge in [-0.3, -0.25) is 0 Å². The number of ether oxygens (including phenoxy) is 1. The van der Waals surface area contributed by atoms with Crippen molar-refractivity contribution in [2.75, 3.05) is 24.2 Å². The summed E-state index contributed by atoms with van der Waals surface area (Å²) in [6, 6.07) is 1.82. The Kier molecular flexibility index (Phi) is 3.28. The van der Waals surface area contributed by atoms with Gasteiger partial charge in [0, 0.05) is 19.3 Å². The SMILES string of the molecule is Nc1c(NCC2CCCO2)ccnc1Cl. The van der Waals surface area contributed by atoms with Crippen LogP contribution in [-0.4, -0.2) is 24.2 Å². The molecule has 1 saturated heterocycles. The summed E-state index contributed by atoms with van der Waals surface area (Å²) in [5, 5.41) is 3.56. The van der Waals surface area contributed by atoms with Gasteiger partial charge in [-0.2, -0.15) is 0 Å². The summed E-state index contributed by atoms with van der Waals surface area (Å²) >= 11 is 5.80. The van der Waals surface area contributed by atoms with E-state index >= 15 is 0 Å². The molecule has 2 rings (SSSR count). The van der Waals surface area contributed by atoms with Gasteiger partial charge in [-0.1, -0.05) is 11.6 Å². The minimum absolute atomic E-state index is 0.288. The Hall–Kier alpha value is -1.00. The van der Waals surface area contributed by atoms with Crippen LogP contribution in [0.3, 0.4) is 0 Å². The first-order valence-corrected chi connectivity index (χ1v) is 5.40. The van der Waals surface area contributed by atoms with Crippen LogP contribution in [0.1, 0.15) is 12.8 Å². The molecule has 0 bridgehead atoms. The number of rotatable bonds is 3. The van der Waals surface area contributed by atoms with Gasteiger partial charge in [0.25, 0.3) is 0 Å². The second-order valence-corrected chi connectivity index (χ2v) is 3.94. The van der Waals surface area contributed by atoms with Crippen LogP contribution in [0.5, 0.6) is 0 Å². The Labute approximate surface area is 93.8 Å². The van der Waals surface area contributed by atoms with Crippen LogP contribution in [0.15, 0.2) is 12.3 Å². The van der Waals surface area contributed by atoms with E-state index in [9.17, 15) is 0 Å². The molecule has 0 saturated carbocycles. The maximum absolute atomic E-state index is 5.80. The smallest absolute Gasteiger partial charge is 0.153 e. The summed E-state index contributed by atoms with van der Waals surface area (Å²) in [6.45, 7) is 1.63. The number of nitrogen functional groups attached to an aromatic ring is 1. The van der Waals surface area contributed by atoms with Crippen molar-refractivity contribution in [3.05, 3.63) is 17.4 Å². The number of anilines is 2. The lowest BCUT2D eigenvalue weighted by molar-refractivity contribution is 0.120. The van der Waals surface area contributed by atoms with Crippen molar-refractivity contribution < 1.29 is 4.74 Å². The van der Waals surface area contributed by atoms with Crippen LogP contribution >= 0.6 is 11.6 Å². The van der Waals surface area contributed by atoms with Gasteiger partial charge in [-0.15, -0.1) is 0 Å². The lowest BCUT2D eigenvalue weighted by Gasteiger charge is -2.13. The van der Waals surface area contributed by atoms with Gasteiger partial charge in [0.1, 0.15) is 0 Å². The summed E-state index contributed by atoms with van der Waals surface area (Å²) in [7, 11) is 0. The third-order valence-electron chi connectivity index (χ3n) is 2.49. The van der Waals surface area contributed by atoms with E-state index in [0.29, 0.717) is 10.8 Å². The topological polar surface area (TPSA) is 60.2 Å². The highest BCUT2D eigenvalue weighted by molar-refractivity contribution is 6.32. The molecule has 1 aliphatic heterocycles. The van der Waals surface area contributed by atoms with E-state index in [1.807, 2.05) is 6.07 Å². The molecule has 1 fully saturated rings. The lowest BCUT2D eigenvalue weighted by atomic mass is 10.2. The number of nitrogens with one attached hydrogen (secondary N) is 1. The van der Waals surface area contributed by atoms with Crippen molar-refractivity contribution in [2.45, 2.75) is 18.9 Å². The summed E-state index contributed by atoms with van der Waals surface area (Å²) in [4.78, 5) is 3.89. The number of aromatic nitrogens is 1. The predicted molar refractivity (Wildman–Crippen MR) is 61.1 cm³/mol. The zero-order chi connectivity index (χ0) is 10.7. The Morgan fingerprint density at radius 1 is 1.67 bits per heavy atom. The Morgan fingerprint density at radius 3 is 3.27 bits per heavy atom. The first-order chi connectivity index (χ1) is 7.27. The van der Waals surface area contributed by atoms with Crippen LogP contribution in [0.2, 0.25) is 5.15 Å². The second-order valence-electron chi connectivity index (χ2n) is 3.58. The van der Waals surface area contributed by atoms with E-state index < -0.39 is 0 Å². The van der Waals surface area contributed by atoms with E-state index in [1.165, 1.54) is 0 Å². The first-order valence-electron chi connectivity index (χ1n) is 5.03. The van der Waals surface area contributed by atoms with Crippen LogP contribution in [0.25, 0.3) is 0 Å². The van der Waals surface area contributed by atoms with Crippen molar-refractivity contribution in [3.63, 3.8) is 0 Å². The number of halogens is 1. The minimum Gasteiger partial charge on any atom is -0.395 e. The highest BCUT2D eigenvalue weighted by Gasteiger charge is 2.15. The Balaban J connectivity index is 1.95. The van der Waals surface area contributed by atoms with Crippen molar-refractivity contribution in [1.82, 2.24) is 4.98 Å². The molecule has 0 aromatic carbocycles. The van der Waals surface area contributed by atoms with Crippen LogP contribution in [0.4, 0.5) is 11.4 Å². The van der Waals surface area contributed by atoms with Gasteiger partial charge in [0.2, 0.25) is 0 Å². The molecule has 5 heteroatoms. The number of hydrogen-bond acceptors (Lipinski definition) is 4. The van der Waals surface area contributed by atoms with E-state index in [-0.39, 0.29) is 6.10 Å². The summed E-state index contributed by atoms with van der Waals surface area (Å²) in [5.41, 5.74) is 7.09. The number of hydrogen-bond donors (Lipinski definition) is 2. The minimum atomic E-state index is 0.288. The monoisotopic (exact) mass is 227 g/mol. The van der Waals surface area contributed by atoms with Gasteiger partial charge in [-0.05, 0) is 18.9 Å². The fourth-order valence-electron chi connectivity index (χ4n) is 1.63. The van der Waals surface area contributed by atoms with Gasteiger partial charge >= 0.3 is 0 Å².